The van der Waals surface area contributed by atoms with Crippen molar-refractivity contribution in [3.8, 4) is 0 Å². The second-order valence-corrected chi connectivity index (χ2v) is 6.23. The van der Waals surface area contributed by atoms with Crippen molar-refractivity contribution in [3.63, 3.8) is 0 Å². The molecular weight excluding hydrogens is 280 g/mol. The lowest BCUT2D eigenvalue weighted by Gasteiger charge is -2.24. The van der Waals surface area contributed by atoms with Crippen molar-refractivity contribution >= 4 is 11.6 Å². The summed E-state index contributed by atoms with van der Waals surface area (Å²) in [5.41, 5.74) is 1.23. The van der Waals surface area contributed by atoms with Gasteiger partial charge in [0.25, 0.3) is 0 Å². The lowest BCUT2D eigenvalue weighted by Crippen LogP contribution is -2.28. The van der Waals surface area contributed by atoms with Crippen LogP contribution in [0.4, 0.5) is 0 Å². The van der Waals surface area contributed by atoms with Crippen LogP contribution in [0.3, 0.4) is 0 Å². The molecule has 3 heteroatoms. The monoisotopic (exact) mass is 310 g/mol. The van der Waals surface area contributed by atoms with E-state index in [0.717, 1.165) is 31.0 Å². The molecule has 0 aliphatic heterocycles. The van der Waals surface area contributed by atoms with E-state index in [4.69, 9.17) is 11.6 Å². The second kappa shape index (κ2) is 11.1. The molecule has 120 valence electrons. The van der Waals surface area contributed by atoms with E-state index in [0.29, 0.717) is 6.04 Å². The molecule has 0 amide bonds. The van der Waals surface area contributed by atoms with Crippen LogP contribution < -0.4 is 5.32 Å². The fourth-order valence-corrected chi connectivity index (χ4v) is 2.80. The predicted molar refractivity (Wildman–Crippen MR) is 94.1 cm³/mol. The van der Waals surface area contributed by atoms with E-state index in [1.165, 1.54) is 31.4 Å². The molecule has 0 spiro atoms. The van der Waals surface area contributed by atoms with Gasteiger partial charge in [0.2, 0.25) is 0 Å². The summed E-state index contributed by atoms with van der Waals surface area (Å²) in [7, 11) is 2.22. The Morgan fingerprint density at radius 3 is 2.52 bits per heavy atom. The first-order valence-corrected chi connectivity index (χ1v) is 8.73. The first kappa shape index (κ1) is 18.5. The molecule has 21 heavy (non-hydrogen) atoms. The molecule has 1 aromatic carbocycles. The van der Waals surface area contributed by atoms with Gasteiger partial charge in [0.1, 0.15) is 0 Å². The summed E-state index contributed by atoms with van der Waals surface area (Å²) in [5.74, 6) is 0. The van der Waals surface area contributed by atoms with Crippen LogP contribution in [-0.2, 0) is 0 Å². The number of unbranched alkanes of at least 4 members (excludes halogenated alkanes) is 2. The van der Waals surface area contributed by atoms with Gasteiger partial charge in [0.05, 0.1) is 0 Å². The first-order chi connectivity index (χ1) is 10.2. The molecule has 2 nitrogen and oxygen atoms in total. The summed E-state index contributed by atoms with van der Waals surface area (Å²) in [6, 6.07) is 8.56. The Kier molecular flexibility index (Phi) is 9.73. The SMILES string of the molecule is CCCCCN(C)CCC(NCCC)c1ccccc1Cl. The first-order valence-electron chi connectivity index (χ1n) is 8.35. The molecule has 0 fully saturated rings. The Morgan fingerprint density at radius 2 is 1.86 bits per heavy atom. The van der Waals surface area contributed by atoms with E-state index in [2.05, 4.69) is 43.2 Å². The van der Waals surface area contributed by atoms with E-state index >= 15 is 0 Å². The normalized spacial score (nSPS) is 12.8. The summed E-state index contributed by atoms with van der Waals surface area (Å²) in [4.78, 5) is 2.44. The zero-order valence-electron chi connectivity index (χ0n) is 13.9. The van der Waals surface area contributed by atoms with Gasteiger partial charge in [-0.25, -0.2) is 0 Å². The van der Waals surface area contributed by atoms with Crippen molar-refractivity contribution < 1.29 is 0 Å². The second-order valence-electron chi connectivity index (χ2n) is 5.83. The van der Waals surface area contributed by atoms with Gasteiger partial charge in [-0.15, -0.1) is 0 Å². The Bertz CT molecular complexity index is 381. The standard InChI is InChI=1S/C18H31ClN2/c1-4-6-9-14-21(3)15-12-18(20-13-5-2)16-10-7-8-11-17(16)19/h7-8,10-11,18,20H,4-6,9,12-15H2,1-3H3. The van der Waals surface area contributed by atoms with E-state index in [1.54, 1.807) is 0 Å². The third-order valence-corrected chi connectivity index (χ3v) is 4.21. The fraction of sp³-hybridized carbons (Fsp3) is 0.667. The highest BCUT2D eigenvalue weighted by molar-refractivity contribution is 6.31. The molecule has 0 aliphatic carbocycles. The van der Waals surface area contributed by atoms with Gasteiger partial charge in [0.15, 0.2) is 0 Å². The highest BCUT2D eigenvalue weighted by Gasteiger charge is 2.14. The largest absolute Gasteiger partial charge is 0.310 e. The molecule has 0 bridgehead atoms. The minimum atomic E-state index is 0.354. The number of nitrogens with one attached hydrogen (secondary N) is 1. The maximum absolute atomic E-state index is 6.36. The van der Waals surface area contributed by atoms with Crippen molar-refractivity contribution in [2.45, 2.75) is 52.0 Å². The number of halogens is 1. The van der Waals surface area contributed by atoms with Gasteiger partial charge in [0, 0.05) is 11.1 Å². The molecule has 0 aliphatic rings. The molecule has 0 heterocycles. The molecule has 0 saturated heterocycles. The van der Waals surface area contributed by atoms with E-state index in [1.807, 2.05) is 12.1 Å². The third kappa shape index (κ3) is 7.30. The maximum Gasteiger partial charge on any atom is 0.0453 e. The van der Waals surface area contributed by atoms with Gasteiger partial charge in [-0.05, 0) is 57.6 Å². The minimum absolute atomic E-state index is 0.354. The predicted octanol–water partition coefficient (Wildman–Crippen LogP) is 4.89. The average molecular weight is 311 g/mol. The lowest BCUT2D eigenvalue weighted by atomic mass is 10.0. The van der Waals surface area contributed by atoms with Crippen LogP contribution in [0.15, 0.2) is 24.3 Å². The van der Waals surface area contributed by atoms with Crippen molar-refractivity contribution in [2.24, 2.45) is 0 Å². The number of rotatable bonds is 11. The Balaban J connectivity index is 2.52. The molecule has 1 unspecified atom stereocenters. The van der Waals surface area contributed by atoms with Crippen molar-refractivity contribution in [3.05, 3.63) is 34.9 Å². The summed E-state index contributed by atoms with van der Waals surface area (Å²) in [6.07, 6.45) is 6.16. The van der Waals surface area contributed by atoms with Crippen LogP contribution in [0.5, 0.6) is 0 Å². The van der Waals surface area contributed by atoms with Crippen molar-refractivity contribution in [2.75, 3.05) is 26.7 Å². The summed E-state index contributed by atoms with van der Waals surface area (Å²) in [5, 5.41) is 4.51. The van der Waals surface area contributed by atoms with Crippen LogP contribution in [0.1, 0.15) is 57.6 Å². The molecular formula is C18H31ClN2. The van der Waals surface area contributed by atoms with Gasteiger partial charge >= 0.3 is 0 Å². The van der Waals surface area contributed by atoms with Gasteiger partial charge < -0.3 is 10.2 Å². The van der Waals surface area contributed by atoms with Crippen molar-refractivity contribution in [1.82, 2.24) is 10.2 Å². The van der Waals surface area contributed by atoms with Crippen LogP contribution in [-0.4, -0.2) is 31.6 Å². The molecule has 0 radical (unpaired) electrons. The van der Waals surface area contributed by atoms with Crippen LogP contribution in [0.2, 0.25) is 5.02 Å². The van der Waals surface area contributed by atoms with Crippen molar-refractivity contribution in [1.29, 1.82) is 0 Å². The fourth-order valence-electron chi connectivity index (χ4n) is 2.54. The number of hydrogen-bond donors (Lipinski definition) is 1. The summed E-state index contributed by atoms with van der Waals surface area (Å²) < 4.78 is 0. The number of hydrogen-bond acceptors (Lipinski definition) is 2. The van der Waals surface area contributed by atoms with Gasteiger partial charge in [-0.1, -0.05) is 56.5 Å². The molecule has 0 saturated carbocycles. The minimum Gasteiger partial charge on any atom is -0.310 e. The molecule has 1 atom stereocenters. The van der Waals surface area contributed by atoms with E-state index < -0.39 is 0 Å². The maximum atomic E-state index is 6.36. The Morgan fingerprint density at radius 1 is 1.10 bits per heavy atom. The smallest absolute Gasteiger partial charge is 0.0453 e. The quantitative estimate of drug-likeness (QED) is 0.585. The van der Waals surface area contributed by atoms with Crippen LogP contribution in [0.25, 0.3) is 0 Å². The lowest BCUT2D eigenvalue weighted by molar-refractivity contribution is 0.301. The highest BCUT2D eigenvalue weighted by atomic mass is 35.5. The Hall–Kier alpha value is -0.570. The summed E-state index contributed by atoms with van der Waals surface area (Å²) in [6.45, 7) is 7.79. The van der Waals surface area contributed by atoms with Gasteiger partial charge in [-0.2, -0.15) is 0 Å². The summed E-state index contributed by atoms with van der Waals surface area (Å²) >= 11 is 6.36. The Labute approximate surface area is 135 Å². The van der Waals surface area contributed by atoms with Gasteiger partial charge in [-0.3, -0.25) is 0 Å². The molecule has 1 rings (SSSR count). The third-order valence-electron chi connectivity index (χ3n) is 3.86. The number of nitrogens with zero attached hydrogens (tertiary/aromatic N) is 1. The highest BCUT2D eigenvalue weighted by Crippen LogP contribution is 2.25. The average Bonchev–Trinajstić information content (AvgIpc) is 2.49. The topological polar surface area (TPSA) is 15.3 Å². The molecule has 1 aromatic rings. The zero-order valence-corrected chi connectivity index (χ0v) is 14.6. The molecule has 0 aromatic heterocycles. The zero-order chi connectivity index (χ0) is 15.5. The number of benzene rings is 1. The van der Waals surface area contributed by atoms with Crippen LogP contribution in [0, 0.1) is 0 Å². The van der Waals surface area contributed by atoms with Crippen LogP contribution >= 0.6 is 11.6 Å². The van der Waals surface area contributed by atoms with E-state index in [9.17, 15) is 0 Å². The molecule has 1 N–H and O–H groups in total. The van der Waals surface area contributed by atoms with E-state index in [-0.39, 0.29) is 0 Å².